The molecule has 118 valence electrons. The molecule has 3 N–H and O–H groups in total. The van der Waals surface area contributed by atoms with E-state index in [0.29, 0.717) is 30.3 Å². The van der Waals surface area contributed by atoms with Crippen molar-refractivity contribution in [2.75, 3.05) is 45.4 Å². The van der Waals surface area contributed by atoms with Crippen LogP contribution in [0.3, 0.4) is 0 Å². The van der Waals surface area contributed by atoms with E-state index in [1.807, 2.05) is 12.1 Å². The molecule has 0 heterocycles. The minimum absolute atomic E-state index is 0.00948. The molecule has 0 radical (unpaired) electrons. The molecule has 0 spiro atoms. The molecule has 1 aromatic carbocycles. The Morgan fingerprint density at radius 3 is 2.62 bits per heavy atom. The first-order valence-corrected chi connectivity index (χ1v) is 7.02. The van der Waals surface area contributed by atoms with Crippen LogP contribution in [0.5, 0.6) is 0 Å². The third-order valence-corrected chi connectivity index (χ3v) is 3.35. The summed E-state index contributed by atoms with van der Waals surface area (Å²) in [5, 5.41) is 12.5. The zero-order valence-electron chi connectivity index (χ0n) is 12.4. The van der Waals surface area contributed by atoms with Gasteiger partial charge in [-0.25, -0.2) is 0 Å². The minimum atomic E-state index is -0.00948. The van der Waals surface area contributed by atoms with E-state index < -0.39 is 0 Å². The van der Waals surface area contributed by atoms with Crippen LogP contribution in [0.1, 0.15) is 12.0 Å². The summed E-state index contributed by atoms with van der Waals surface area (Å²) < 4.78 is 10.2. The highest BCUT2D eigenvalue weighted by Crippen LogP contribution is 2.27. The third-order valence-electron chi connectivity index (χ3n) is 3.04. The molecule has 0 saturated carbocycles. The van der Waals surface area contributed by atoms with Crippen LogP contribution in [0.25, 0.3) is 0 Å². The lowest BCUT2D eigenvalue weighted by molar-refractivity contribution is 0.191. The van der Waals surface area contributed by atoms with Gasteiger partial charge >= 0.3 is 0 Å². The number of rotatable bonds is 9. The number of oxime groups is 1. The predicted octanol–water partition coefficient (Wildman–Crippen LogP) is 1.92. The molecule has 0 fully saturated rings. The van der Waals surface area contributed by atoms with Gasteiger partial charge in [-0.1, -0.05) is 22.8 Å². The van der Waals surface area contributed by atoms with Crippen LogP contribution in [0.15, 0.2) is 23.4 Å². The Labute approximate surface area is 130 Å². The van der Waals surface area contributed by atoms with Crippen molar-refractivity contribution < 1.29 is 14.7 Å². The van der Waals surface area contributed by atoms with Crippen molar-refractivity contribution in [1.82, 2.24) is 0 Å². The fraction of sp³-hybridized carbons (Fsp3) is 0.500. The number of anilines is 1. The van der Waals surface area contributed by atoms with Crippen LogP contribution in [0, 0.1) is 0 Å². The van der Waals surface area contributed by atoms with Gasteiger partial charge in [-0.15, -0.1) is 0 Å². The summed E-state index contributed by atoms with van der Waals surface area (Å²) >= 11 is 6.19. The van der Waals surface area contributed by atoms with Crippen LogP contribution < -0.4 is 10.6 Å². The second-order valence-electron chi connectivity index (χ2n) is 4.45. The van der Waals surface area contributed by atoms with E-state index in [4.69, 9.17) is 32.0 Å². The Morgan fingerprint density at radius 2 is 2.00 bits per heavy atom. The lowest BCUT2D eigenvalue weighted by Gasteiger charge is -2.27. The van der Waals surface area contributed by atoms with Gasteiger partial charge in [0.05, 0.1) is 17.2 Å². The van der Waals surface area contributed by atoms with Crippen molar-refractivity contribution in [2.45, 2.75) is 6.42 Å². The van der Waals surface area contributed by atoms with Gasteiger partial charge in [0, 0.05) is 39.6 Å². The van der Waals surface area contributed by atoms with Crippen LogP contribution in [-0.4, -0.2) is 51.6 Å². The molecule has 0 aromatic heterocycles. The van der Waals surface area contributed by atoms with Crippen LogP contribution >= 0.6 is 11.6 Å². The smallest absolute Gasteiger partial charge is 0.173 e. The molecule has 0 aliphatic heterocycles. The van der Waals surface area contributed by atoms with Gasteiger partial charge in [0.1, 0.15) is 0 Å². The molecule has 0 atom stereocenters. The van der Waals surface area contributed by atoms with E-state index in [-0.39, 0.29) is 5.84 Å². The number of halogens is 1. The number of hydrogen-bond acceptors (Lipinski definition) is 5. The molecular weight excluding hydrogens is 294 g/mol. The standard InChI is InChI=1S/C14H22ClN3O3/c1-20-9-4-7-18(8-10-21-2)12-6-3-5-11(15)13(12)14(16)17-19/h3,5-6,19H,4,7-10H2,1-2H3,(H2,16,17). The maximum absolute atomic E-state index is 8.95. The summed E-state index contributed by atoms with van der Waals surface area (Å²) in [6.07, 6.45) is 0.850. The zero-order valence-corrected chi connectivity index (χ0v) is 13.1. The zero-order chi connectivity index (χ0) is 15.7. The monoisotopic (exact) mass is 315 g/mol. The summed E-state index contributed by atoms with van der Waals surface area (Å²) in [6, 6.07) is 5.44. The Morgan fingerprint density at radius 1 is 1.29 bits per heavy atom. The van der Waals surface area contributed by atoms with Gasteiger partial charge in [-0.05, 0) is 18.6 Å². The molecule has 21 heavy (non-hydrogen) atoms. The molecule has 1 rings (SSSR count). The first kappa shape index (κ1) is 17.6. The van der Waals surface area contributed by atoms with Gasteiger partial charge < -0.3 is 25.3 Å². The Balaban J connectivity index is 3.07. The van der Waals surface area contributed by atoms with Gasteiger partial charge in [0.25, 0.3) is 0 Å². The molecule has 6 nitrogen and oxygen atoms in total. The van der Waals surface area contributed by atoms with Crippen molar-refractivity contribution in [1.29, 1.82) is 0 Å². The number of benzene rings is 1. The van der Waals surface area contributed by atoms with E-state index in [2.05, 4.69) is 10.1 Å². The number of ether oxygens (including phenoxy) is 2. The van der Waals surface area contributed by atoms with Crippen LogP contribution in [-0.2, 0) is 9.47 Å². The average molecular weight is 316 g/mol. The summed E-state index contributed by atoms with van der Waals surface area (Å²) in [4.78, 5) is 2.09. The summed E-state index contributed by atoms with van der Waals surface area (Å²) in [7, 11) is 3.32. The lowest BCUT2D eigenvalue weighted by Crippen LogP contribution is -2.31. The first-order valence-electron chi connectivity index (χ1n) is 6.65. The average Bonchev–Trinajstić information content (AvgIpc) is 2.50. The second-order valence-corrected chi connectivity index (χ2v) is 4.85. The molecule has 0 saturated heterocycles. The molecule has 7 heteroatoms. The minimum Gasteiger partial charge on any atom is -0.409 e. The Bertz CT molecular complexity index is 469. The highest BCUT2D eigenvalue weighted by Gasteiger charge is 2.17. The summed E-state index contributed by atoms with van der Waals surface area (Å²) in [5.41, 5.74) is 7.08. The van der Waals surface area contributed by atoms with Crippen LogP contribution in [0.2, 0.25) is 5.02 Å². The molecule has 0 bridgehead atoms. The Kier molecular flexibility index (Phi) is 7.89. The van der Waals surface area contributed by atoms with Gasteiger partial charge in [0.2, 0.25) is 0 Å². The first-order chi connectivity index (χ1) is 10.2. The number of hydrogen-bond donors (Lipinski definition) is 2. The number of amidine groups is 1. The van der Waals surface area contributed by atoms with Crippen molar-refractivity contribution >= 4 is 23.1 Å². The van der Waals surface area contributed by atoms with Gasteiger partial charge in [-0.2, -0.15) is 0 Å². The highest BCUT2D eigenvalue weighted by molar-refractivity contribution is 6.34. The van der Waals surface area contributed by atoms with Gasteiger partial charge in [-0.3, -0.25) is 0 Å². The summed E-state index contributed by atoms with van der Waals surface area (Å²) in [6.45, 7) is 2.65. The number of methoxy groups -OCH3 is 2. The SMILES string of the molecule is COCCCN(CCOC)c1cccc(Cl)c1C(N)=NO. The largest absolute Gasteiger partial charge is 0.409 e. The maximum atomic E-state index is 8.95. The van der Waals surface area contributed by atoms with E-state index in [1.165, 1.54) is 0 Å². The molecule has 0 aliphatic carbocycles. The van der Waals surface area contributed by atoms with E-state index >= 15 is 0 Å². The molecule has 0 unspecified atom stereocenters. The molecule has 0 amide bonds. The van der Waals surface area contributed by atoms with Gasteiger partial charge in [0.15, 0.2) is 5.84 Å². The normalized spacial score (nSPS) is 11.7. The van der Waals surface area contributed by atoms with Crippen molar-refractivity contribution in [3.8, 4) is 0 Å². The quantitative estimate of drug-likeness (QED) is 0.239. The fourth-order valence-electron chi connectivity index (χ4n) is 2.03. The van der Waals surface area contributed by atoms with E-state index in [0.717, 1.165) is 18.7 Å². The van der Waals surface area contributed by atoms with Crippen molar-refractivity contribution in [3.63, 3.8) is 0 Å². The number of nitrogens with two attached hydrogens (primary N) is 1. The molecular formula is C14H22ClN3O3. The van der Waals surface area contributed by atoms with Crippen molar-refractivity contribution in [2.24, 2.45) is 10.9 Å². The fourth-order valence-corrected chi connectivity index (χ4v) is 2.30. The van der Waals surface area contributed by atoms with Crippen molar-refractivity contribution in [3.05, 3.63) is 28.8 Å². The second kappa shape index (κ2) is 9.44. The topological polar surface area (TPSA) is 80.3 Å². The predicted molar refractivity (Wildman–Crippen MR) is 84.5 cm³/mol. The van der Waals surface area contributed by atoms with Crippen LogP contribution in [0.4, 0.5) is 5.69 Å². The lowest BCUT2D eigenvalue weighted by atomic mass is 10.1. The molecule has 1 aromatic rings. The maximum Gasteiger partial charge on any atom is 0.173 e. The third kappa shape index (κ3) is 5.08. The van der Waals surface area contributed by atoms with E-state index in [1.54, 1.807) is 20.3 Å². The number of nitrogens with zero attached hydrogens (tertiary/aromatic N) is 2. The summed E-state index contributed by atoms with van der Waals surface area (Å²) in [5.74, 6) is -0.00948. The van der Waals surface area contributed by atoms with E-state index in [9.17, 15) is 0 Å². The highest BCUT2D eigenvalue weighted by atomic mass is 35.5. The Hall–Kier alpha value is -1.50. The molecule has 0 aliphatic rings.